The van der Waals surface area contributed by atoms with E-state index in [0.29, 0.717) is 11.5 Å². The lowest BCUT2D eigenvalue weighted by molar-refractivity contribution is 0.127. The number of aliphatic hydroxyl groups is 1. The van der Waals surface area contributed by atoms with E-state index in [0.717, 1.165) is 26.2 Å². The predicted molar refractivity (Wildman–Crippen MR) is 104 cm³/mol. The first kappa shape index (κ1) is 17.2. The Bertz CT molecular complexity index is 718. The normalized spacial score (nSPS) is 22.4. The lowest BCUT2D eigenvalue weighted by Gasteiger charge is -2.40. The molecule has 1 atom stereocenters. The minimum Gasteiger partial charge on any atom is -0.395 e. The van der Waals surface area contributed by atoms with Crippen LogP contribution in [0.1, 0.15) is 46.2 Å². The molecule has 0 unspecified atom stereocenters. The smallest absolute Gasteiger partial charge is 0.0558 e. The summed E-state index contributed by atoms with van der Waals surface area (Å²) >= 11 is 1.89. The Balaban J connectivity index is 1.50. The van der Waals surface area contributed by atoms with Crippen LogP contribution in [0.4, 0.5) is 0 Å². The summed E-state index contributed by atoms with van der Waals surface area (Å²) in [5.74, 6) is 0. The van der Waals surface area contributed by atoms with E-state index in [2.05, 4.69) is 53.5 Å². The number of benzene rings is 1. The Morgan fingerprint density at radius 3 is 2.72 bits per heavy atom. The number of hydrogen-bond donors (Lipinski definition) is 2. The van der Waals surface area contributed by atoms with Crippen LogP contribution in [0.5, 0.6) is 0 Å². The molecule has 0 radical (unpaired) electrons. The molecule has 25 heavy (non-hydrogen) atoms. The molecular formula is C21H28N2OS. The number of nitrogens with zero attached hydrogens (tertiary/aromatic N) is 1. The molecule has 1 aliphatic heterocycles. The van der Waals surface area contributed by atoms with Crippen LogP contribution in [-0.4, -0.2) is 36.2 Å². The predicted octanol–water partition coefficient (Wildman–Crippen LogP) is 3.62. The fraction of sp³-hybridized carbons (Fsp3) is 0.524. The molecule has 3 nitrogen and oxygen atoms in total. The summed E-state index contributed by atoms with van der Waals surface area (Å²) < 4.78 is 0. The summed E-state index contributed by atoms with van der Waals surface area (Å²) in [6, 6.07) is 14.0. The zero-order chi connectivity index (χ0) is 17.3. The standard InChI is InChI=1S/C21H28N2OS/c1-16-6-7-17(25-16)15-22-20-14-21(19-5-3-2-4-18(19)20)8-10-23(11-9-21)12-13-24/h2-7,20,22,24H,8-15H2,1H3/t20-/m1/s1. The minimum atomic E-state index is 0.272. The van der Waals surface area contributed by atoms with Crippen LogP contribution in [0.25, 0.3) is 0 Å². The first-order chi connectivity index (χ1) is 12.2. The summed E-state index contributed by atoms with van der Waals surface area (Å²) in [6.45, 7) is 6.43. The Kier molecular flexibility index (Phi) is 4.96. The van der Waals surface area contributed by atoms with Gasteiger partial charge in [-0.15, -0.1) is 11.3 Å². The van der Waals surface area contributed by atoms with Crippen LogP contribution in [0.2, 0.25) is 0 Å². The van der Waals surface area contributed by atoms with Crippen molar-refractivity contribution in [1.29, 1.82) is 0 Å². The van der Waals surface area contributed by atoms with Gasteiger partial charge in [0.1, 0.15) is 0 Å². The number of thiophene rings is 1. The zero-order valence-electron chi connectivity index (χ0n) is 15.0. The molecule has 1 aromatic heterocycles. The van der Waals surface area contributed by atoms with Gasteiger partial charge in [-0.1, -0.05) is 24.3 Å². The number of fused-ring (bicyclic) bond motifs is 2. The average molecular weight is 357 g/mol. The van der Waals surface area contributed by atoms with Crippen molar-refractivity contribution in [1.82, 2.24) is 10.2 Å². The molecule has 1 aliphatic carbocycles. The SMILES string of the molecule is Cc1ccc(CN[C@@H]2CC3(CCN(CCO)CC3)c3ccccc32)s1. The van der Waals surface area contributed by atoms with E-state index in [1.54, 1.807) is 5.56 Å². The van der Waals surface area contributed by atoms with Gasteiger partial charge < -0.3 is 15.3 Å². The number of likely N-dealkylation sites (tertiary alicyclic amines) is 1. The molecular weight excluding hydrogens is 328 g/mol. The van der Waals surface area contributed by atoms with Gasteiger partial charge in [-0.25, -0.2) is 0 Å². The molecule has 2 heterocycles. The lowest BCUT2D eigenvalue weighted by Crippen LogP contribution is -2.42. The molecule has 1 fully saturated rings. The zero-order valence-corrected chi connectivity index (χ0v) is 15.8. The maximum atomic E-state index is 9.20. The second-order valence-corrected chi connectivity index (χ2v) is 8.96. The number of aryl methyl sites for hydroxylation is 1. The number of rotatable bonds is 5. The van der Waals surface area contributed by atoms with Crippen molar-refractivity contribution < 1.29 is 5.11 Å². The Morgan fingerprint density at radius 2 is 2.00 bits per heavy atom. The number of β-amino-alcohol motifs (C(OH)–C–C–N with tert-alkyl or cyclic N) is 1. The van der Waals surface area contributed by atoms with Crippen LogP contribution >= 0.6 is 11.3 Å². The fourth-order valence-corrected chi connectivity index (χ4v) is 5.54. The van der Waals surface area contributed by atoms with Crippen molar-refractivity contribution >= 4 is 11.3 Å². The molecule has 1 spiro atoms. The number of piperidine rings is 1. The van der Waals surface area contributed by atoms with E-state index < -0.39 is 0 Å². The van der Waals surface area contributed by atoms with Gasteiger partial charge in [0.15, 0.2) is 0 Å². The first-order valence-corrected chi connectivity index (χ1v) is 10.2. The van der Waals surface area contributed by atoms with Crippen molar-refractivity contribution in [3.8, 4) is 0 Å². The van der Waals surface area contributed by atoms with Crippen LogP contribution in [0, 0.1) is 6.92 Å². The molecule has 4 heteroatoms. The maximum absolute atomic E-state index is 9.20. The highest BCUT2D eigenvalue weighted by molar-refractivity contribution is 7.11. The van der Waals surface area contributed by atoms with E-state index in [1.807, 2.05) is 11.3 Å². The summed E-state index contributed by atoms with van der Waals surface area (Å²) in [4.78, 5) is 5.22. The third-order valence-corrected chi connectivity index (χ3v) is 7.05. The highest BCUT2D eigenvalue weighted by Gasteiger charge is 2.44. The van der Waals surface area contributed by atoms with Crippen LogP contribution in [-0.2, 0) is 12.0 Å². The molecule has 2 aliphatic rings. The van der Waals surface area contributed by atoms with Gasteiger partial charge in [-0.3, -0.25) is 0 Å². The Morgan fingerprint density at radius 1 is 1.20 bits per heavy atom. The summed E-state index contributed by atoms with van der Waals surface area (Å²) in [5, 5.41) is 13.0. The van der Waals surface area contributed by atoms with Gasteiger partial charge in [-0.05, 0) is 68.0 Å². The van der Waals surface area contributed by atoms with Crippen molar-refractivity contribution in [2.24, 2.45) is 0 Å². The van der Waals surface area contributed by atoms with Crippen molar-refractivity contribution in [2.45, 2.75) is 44.2 Å². The van der Waals surface area contributed by atoms with E-state index in [-0.39, 0.29) is 6.61 Å². The van der Waals surface area contributed by atoms with E-state index in [9.17, 15) is 5.11 Å². The second-order valence-electron chi connectivity index (χ2n) is 7.58. The highest BCUT2D eigenvalue weighted by Crippen LogP contribution is 2.50. The molecule has 4 rings (SSSR count). The maximum Gasteiger partial charge on any atom is 0.0558 e. The van der Waals surface area contributed by atoms with Gasteiger partial charge in [0.2, 0.25) is 0 Å². The summed E-state index contributed by atoms with van der Waals surface area (Å²) in [7, 11) is 0. The van der Waals surface area contributed by atoms with Gasteiger partial charge in [-0.2, -0.15) is 0 Å². The summed E-state index contributed by atoms with van der Waals surface area (Å²) in [6.07, 6.45) is 3.63. The van der Waals surface area contributed by atoms with E-state index in [4.69, 9.17) is 0 Å². The number of hydrogen-bond acceptors (Lipinski definition) is 4. The van der Waals surface area contributed by atoms with E-state index >= 15 is 0 Å². The molecule has 0 saturated carbocycles. The van der Waals surface area contributed by atoms with Gasteiger partial charge in [0.25, 0.3) is 0 Å². The second kappa shape index (κ2) is 7.20. The third kappa shape index (κ3) is 3.41. The van der Waals surface area contributed by atoms with Crippen molar-refractivity contribution in [2.75, 3.05) is 26.2 Å². The molecule has 0 bridgehead atoms. The van der Waals surface area contributed by atoms with Crippen molar-refractivity contribution in [3.63, 3.8) is 0 Å². The number of aliphatic hydroxyl groups excluding tert-OH is 1. The van der Waals surface area contributed by atoms with Gasteiger partial charge >= 0.3 is 0 Å². The molecule has 134 valence electrons. The first-order valence-electron chi connectivity index (χ1n) is 9.41. The third-order valence-electron chi connectivity index (χ3n) is 6.05. The van der Waals surface area contributed by atoms with Gasteiger partial charge in [0, 0.05) is 28.9 Å². The van der Waals surface area contributed by atoms with E-state index in [1.165, 1.54) is 34.6 Å². The van der Waals surface area contributed by atoms with Crippen LogP contribution in [0.15, 0.2) is 36.4 Å². The molecule has 2 aromatic rings. The number of nitrogens with one attached hydrogen (secondary N) is 1. The fourth-order valence-electron chi connectivity index (χ4n) is 4.70. The van der Waals surface area contributed by atoms with Crippen molar-refractivity contribution in [3.05, 3.63) is 57.3 Å². The monoisotopic (exact) mass is 356 g/mol. The highest BCUT2D eigenvalue weighted by atomic mass is 32.1. The quantitative estimate of drug-likeness (QED) is 0.859. The Hall–Kier alpha value is -1.20. The average Bonchev–Trinajstić information content (AvgIpc) is 3.18. The Labute approximate surface area is 154 Å². The van der Waals surface area contributed by atoms with Gasteiger partial charge in [0.05, 0.1) is 6.61 Å². The molecule has 0 amide bonds. The lowest BCUT2D eigenvalue weighted by atomic mass is 9.73. The topological polar surface area (TPSA) is 35.5 Å². The molecule has 1 saturated heterocycles. The van der Waals surface area contributed by atoms with Crippen LogP contribution < -0.4 is 5.32 Å². The minimum absolute atomic E-state index is 0.272. The van der Waals surface area contributed by atoms with Crippen LogP contribution in [0.3, 0.4) is 0 Å². The molecule has 2 N–H and O–H groups in total. The summed E-state index contributed by atoms with van der Waals surface area (Å²) in [5.41, 5.74) is 3.40. The largest absolute Gasteiger partial charge is 0.395 e. The molecule has 1 aromatic carbocycles.